The molecule has 0 aromatic carbocycles. The minimum absolute atomic E-state index is 0.548. The van der Waals surface area contributed by atoms with E-state index in [1.165, 1.54) is 12.0 Å². The first-order valence-electron chi connectivity index (χ1n) is 6.01. The molecule has 92 valence electrons. The van der Waals surface area contributed by atoms with Crippen molar-refractivity contribution < 1.29 is 0 Å². The standard InChI is InChI=1S/C12H24N4/c1-5-16-10-12(9-14-16)8-13-11(2)6-7-15(3)4/h9-11,13H,5-8H2,1-4H3. The lowest BCUT2D eigenvalue weighted by Crippen LogP contribution is -2.29. The first-order chi connectivity index (χ1) is 7.61. The fourth-order valence-corrected chi connectivity index (χ4v) is 1.52. The maximum absolute atomic E-state index is 4.26. The Morgan fingerprint density at radius 3 is 2.81 bits per heavy atom. The summed E-state index contributed by atoms with van der Waals surface area (Å²) in [6.45, 7) is 7.31. The van der Waals surface area contributed by atoms with E-state index in [0.29, 0.717) is 6.04 Å². The van der Waals surface area contributed by atoms with Crippen LogP contribution in [0.25, 0.3) is 0 Å². The largest absolute Gasteiger partial charge is 0.310 e. The van der Waals surface area contributed by atoms with Gasteiger partial charge in [-0.2, -0.15) is 5.10 Å². The van der Waals surface area contributed by atoms with Crippen molar-refractivity contribution in [2.24, 2.45) is 0 Å². The Kier molecular flexibility index (Phi) is 5.49. The molecule has 0 aliphatic heterocycles. The lowest BCUT2D eigenvalue weighted by molar-refractivity contribution is 0.365. The normalized spacial score (nSPS) is 13.3. The van der Waals surface area contributed by atoms with Gasteiger partial charge in [0.05, 0.1) is 6.20 Å². The summed E-state index contributed by atoms with van der Waals surface area (Å²) in [6.07, 6.45) is 5.22. The average molecular weight is 224 g/mol. The Hall–Kier alpha value is -0.870. The molecule has 0 bridgehead atoms. The van der Waals surface area contributed by atoms with Crippen LogP contribution in [-0.2, 0) is 13.1 Å². The Morgan fingerprint density at radius 1 is 1.50 bits per heavy atom. The summed E-state index contributed by atoms with van der Waals surface area (Å²) in [5.41, 5.74) is 1.26. The summed E-state index contributed by atoms with van der Waals surface area (Å²) in [5.74, 6) is 0. The van der Waals surface area contributed by atoms with Crippen molar-refractivity contribution in [3.8, 4) is 0 Å². The van der Waals surface area contributed by atoms with E-state index < -0.39 is 0 Å². The van der Waals surface area contributed by atoms with Crippen LogP contribution in [0.4, 0.5) is 0 Å². The quantitative estimate of drug-likeness (QED) is 0.758. The Balaban J connectivity index is 2.23. The summed E-state index contributed by atoms with van der Waals surface area (Å²) in [6, 6.07) is 0.548. The Labute approximate surface area is 98.6 Å². The molecular formula is C12H24N4. The van der Waals surface area contributed by atoms with Crippen LogP contribution in [0, 0.1) is 0 Å². The molecule has 4 heteroatoms. The maximum atomic E-state index is 4.26. The molecule has 0 radical (unpaired) electrons. The molecule has 1 unspecified atom stereocenters. The predicted octanol–water partition coefficient (Wildman–Crippen LogP) is 1.33. The van der Waals surface area contributed by atoms with Crippen LogP contribution in [0.15, 0.2) is 12.4 Å². The van der Waals surface area contributed by atoms with Crippen LogP contribution in [0.1, 0.15) is 25.8 Å². The van der Waals surface area contributed by atoms with E-state index in [1.54, 1.807) is 0 Å². The van der Waals surface area contributed by atoms with Gasteiger partial charge in [0.25, 0.3) is 0 Å². The van der Waals surface area contributed by atoms with Gasteiger partial charge in [-0.05, 0) is 40.9 Å². The van der Waals surface area contributed by atoms with E-state index in [-0.39, 0.29) is 0 Å². The topological polar surface area (TPSA) is 33.1 Å². The van der Waals surface area contributed by atoms with Crippen molar-refractivity contribution in [1.82, 2.24) is 20.0 Å². The monoisotopic (exact) mass is 224 g/mol. The summed E-state index contributed by atoms with van der Waals surface area (Å²) in [5, 5.41) is 7.77. The van der Waals surface area contributed by atoms with Gasteiger partial charge in [0.2, 0.25) is 0 Å². The number of aromatic nitrogens is 2. The number of nitrogens with zero attached hydrogens (tertiary/aromatic N) is 3. The third kappa shape index (κ3) is 4.77. The molecule has 4 nitrogen and oxygen atoms in total. The second-order valence-electron chi connectivity index (χ2n) is 4.58. The van der Waals surface area contributed by atoms with Gasteiger partial charge in [-0.15, -0.1) is 0 Å². The molecule has 1 aromatic rings. The van der Waals surface area contributed by atoms with E-state index >= 15 is 0 Å². The van der Waals surface area contributed by atoms with Gasteiger partial charge in [0.15, 0.2) is 0 Å². The van der Waals surface area contributed by atoms with Crippen molar-refractivity contribution >= 4 is 0 Å². The Morgan fingerprint density at radius 2 is 2.25 bits per heavy atom. The van der Waals surface area contributed by atoms with Crippen LogP contribution in [0.3, 0.4) is 0 Å². The van der Waals surface area contributed by atoms with Crippen LogP contribution < -0.4 is 5.32 Å². The molecule has 1 rings (SSSR count). The zero-order valence-corrected chi connectivity index (χ0v) is 10.9. The van der Waals surface area contributed by atoms with E-state index in [0.717, 1.165) is 19.6 Å². The van der Waals surface area contributed by atoms with Gasteiger partial charge in [0.1, 0.15) is 0 Å². The van der Waals surface area contributed by atoms with Crippen LogP contribution in [-0.4, -0.2) is 41.4 Å². The van der Waals surface area contributed by atoms with Gasteiger partial charge in [-0.3, -0.25) is 4.68 Å². The highest BCUT2D eigenvalue weighted by molar-refractivity contribution is 5.03. The van der Waals surface area contributed by atoms with Gasteiger partial charge >= 0.3 is 0 Å². The molecule has 0 amide bonds. The second-order valence-corrected chi connectivity index (χ2v) is 4.58. The highest BCUT2D eigenvalue weighted by Crippen LogP contribution is 1.99. The zero-order valence-electron chi connectivity index (χ0n) is 10.9. The molecular weight excluding hydrogens is 200 g/mol. The van der Waals surface area contributed by atoms with E-state index in [4.69, 9.17) is 0 Å². The lowest BCUT2D eigenvalue weighted by Gasteiger charge is -2.16. The number of nitrogens with one attached hydrogen (secondary N) is 1. The summed E-state index contributed by atoms with van der Waals surface area (Å²) >= 11 is 0. The summed E-state index contributed by atoms with van der Waals surface area (Å²) in [7, 11) is 4.22. The minimum Gasteiger partial charge on any atom is -0.310 e. The second kappa shape index (κ2) is 6.66. The van der Waals surface area contributed by atoms with Crippen molar-refractivity contribution in [3.63, 3.8) is 0 Å². The van der Waals surface area contributed by atoms with Gasteiger partial charge in [0, 0.05) is 30.9 Å². The highest BCUT2D eigenvalue weighted by Gasteiger charge is 2.03. The van der Waals surface area contributed by atoms with E-state index in [9.17, 15) is 0 Å². The molecule has 0 saturated carbocycles. The Bertz CT molecular complexity index is 293. The molecule has 1 N–H and O–H groups in total. The third-order valence-electron chi connectivity index (χ3n) is 2.67. The van der Waals surface area contributed by atoms with Crippen LogP contribution >= 0.6 is 0 Å². The summed E-state index contributed by atoms with van der Waals surface area (Å²) in [4.78, 5) is 2.22. The number of aryl methyl sites for hydroxylation is 1. The van der Waals surface area contributed by atoms with Gasteiger partial charge in [-0.1, -0.05) is 0 Å². The third-order valence-corrected chi connectivity index (χ3v) is 2.67. The van der Waals surface area contributed by atoms with Crippen LogP contribution in [0.2, 0.25) is 0 Å². The van der Waals surface area contributed by atoms with Gasteiger partial charge < -0.3 is 10.2 Å². The molecule has 1 heterocycles. The van der Waals surface area contributed by atoms with E-state index in [2.05, 4.69) is 49.5 Å². The molecule has 0 aliphatic rings. The van der Waals surface area contributed by atoms with Crippen molar-refractivity contribution in [1.29, 1.82) is 0 Å². The average Bonchev–Trinajstić information content (AvgIpc) is 2.71. The smallest absolute Gasteiger partial charge is 0.0534 e. The molecule has 0 fully saturated rings. The SMILES string of the molecule is CCn1cc(CNC(C)CCN(C)C)cn1. The maximum Gasteiger partial charge on any atom is 0.0534 e. The number of hydrogen-bond acceptors (Lipinski definition) is 3. The molecule has 1 aromatic heterocycles. The van der Waals surface area contributed by atoms with Crippen molar-refractivity contribution in [2.45, 2.75) is 39.4 Å². The number of hydrogen-bond donors (Lipinski definition) is 1. The molecule has 16 heavy (non-hydrogen) atoms. The summed E-state index contributed by atoms with van der Waals surface area (Å²) < 4.78 is 1.96. The highest BCUT2D eigenvalue weighted by atomic mass is 15.3. The predicted molar refractivity (Wildman–Crippen MR) is 67.4 cm³/mol. The van der Waals surface area contributed by atoms with Crippen molar-refractivity contribution in [3.05, 3.63) is 18.0 Å². The molecule has 1 atom stereocenters. The first-order valence-corrected chi connectivity index (χ1v) is 6.01. The fraction of sp³-hybridized carbons (Fsp3) is 0.750. The number of rotatable bonds is 7. The van der Waals surface area contributed by atoms with Crippen molar-refractivity contribution in [2.75, 3.05) is 20.6 Å². The lowest BCUT2D eigenvalue weighted by atomic mass is 10.2. The van der Waals surface area contributed by atoms with Gasteiger partial charge in [-0.25, -0.2) is 0 Å². The zero-order chi connectivity index (χ0) is 12.0. The minimum atomic E-state index is 0.548. The molecule has 0 spiro atoms. The first kappa shape index (κ1) is 13.2. The fourth-order valence-electron chi connectivity index (χ4n) is 1.52. The molecule has 0 saturated heterocycles. The molecule has 0 aliphatic carbocycles. The van der Waals surface area contributed by atoms with E-state index in [1.807, 2.05) is 10.9 Å². The van der Waals surface area contributed by atoms with Crippen LogP contribution in [0.5, 0.6) is 0 Å².